The third kappa shape index (κ3) is 1.73. The van der Waals surface area contributed by atoms with Gasteiger partial charge in [0.25, 0.3) is 0 Å². The highest BCUT2D eigenvalue weighted by atomic mass is 79.9. The number of allylic oxidation sites excluding steroid dienone is 1. The maximum absolute atomic E-state index is 5.66. The molecule has 2 rings (SSSR count). The van der Waals surface area contributed by atoms with E-state index in [0.29, 0.717) is 6.32 Å². The van der Waals surface area contributed by atoms with Crippen molar-refractivity contribution in [2.45, 2.75) is 19.7 Å². The van der Waals surface area contributed by atoms with Crippen LogP contribution in [0.3, 0.4) is 0 Å². The number of rotatable bonds is 3. The van der Waals surface area contributed by atoms with Crippen molar-refractivity contribution in [3.8, 4) is 0 Å². The van der Waals surface area contributed by atoms with Crippen LogP contribution in [0.15, 0.2) is 33.9 Å². The molecular formula is C13H12BBrO. The second kappa shape index (κ2) is 4.50. The minimum absolute atomic E-state index is 0.475. The minimum Gasteiger partial charge on any atom is -0.463 e. The quantitative estimate of drug-likeness (QED) is 0.758. The van der Waals surface area contributed by atoms with Crippen LogP contribution in [0.1, 0.15) is 18.1 Å². The first-order chi connectivity index (χ1) is 7.69. The maximum Gasteiger partial charge on any atom is 0.148 e. The van der Waals surface area contributed by atoms with Gasteiger partial charge in [-0.2, -0.15) is 0 Å². The summed E-state index contributed by atoms with van der Waals surface area (Å²) in [7, 11) is 5.66. The number of fused-ring (bicyclic) bond motifs is 1. The van der Waals surface area contributed by atoms with Crippen molar-refractivity contribution < 1.29 is 4.42 Å². The second-order valence-electron chi connectivity index (χ2n) is 3.71. The van der Waals surface area contributed by atoms with Gasteiger partial charge in [0.05, 0.1) is 18.6 Å². The second-order valence-corrected chi connectivity index (χ2v) is 4.56. The van der Waals surface area contributed by atoms with Gasteiger partial charge in [-0.15, -0.1) is 0 Å². The molecule has 0 atom stereocenters. The molecule has 1 aromatic heterocycles. The summed E-state index contributed by atoms with van der Waals surface area (Å²) in [6.07, 6.45) is 3.13. The average molecular weight is 275 g/mol. The van der Waals surface area contributed by atoms with Gasteiger partial charge in [0, 0.05) is 5.39 Å². The topological polar surface area (TPSA) is 13.1 Å². The van der Waals surface area contributed by atoms with Crippen LogP contribution in [-0.2, 0) is 6.42 Å². The van der Waals surface area contributed by atoms with Crippen molar-refractivity contribution in [2.75, 3.05) is 0 Å². The molecule has 0 saturated heterocycles. The molecule has 2 radical (unpaired) electrons. The van der Waals surface area contributed by atoms with E-state index in [2.05, 4.69) is 29.4 Å². The molecule has 0 unspecified atom stereocenters. The molecule has 1 aromatic carbocycles. The molecule has 0 fully saturated rings. The number of hydrogen-bond donors (Lipinski definition) is 0. The van der Waals surface area contributed by atoms with Gasteiger partial charge >= 0.3 is 0 Å². The third-order valence-electron chi connectivity index (χ3n) is 2.78. The standard InChI is InChI=1S/C13H12BBrO/c1-3-9-10-4-5-16-13(10)12(15)6-11(9)8(2)7-14/h4-6H,2-3,7H2,1H3. The molecule has 0 aliphatic rings. The van der Waals surface area contributed by atoms with E-state index in [4.69, 9.17) is 12.3 Å². The van der Waals surface area contributed by atoms with E-state index in [1.807, 2.05) is 12.1 Å². The molecule has 0 bridgehead atoms. The van der Waals surface area contributed by atoms with Crippen molar-refractivity contribution in [2.24, 2.45) is 0 Å². The van der Waals surface area contributed by atoms with Crippen molar-refractivity contribution in [1.82, 2.24) is 0 Å². The maximum atomic E-state index is 5.66. The Morgan fingerprint density at radius 2 is 2.31 bits per heavy atom. The van der Waals surface area contributed by atoms with Crippen LogP contribution in [0.2, 0.25) is 6.32 Å². The van der Waals surface area contributed by atoms with Gasteiger partial charge < -0.3 is 4.42 Å². The van der Waals surface area contributed by atoms with Gasteiger partial charge in [-0.25, -0.2) is 0 Å². The molecule has 0 saturated carbocycles. The zero-order valence-corrected chi connectivity index (χ0v) is 10.8. The first-order valence-corrected chi connectivity index (χ1v) is 6.05. The lowest BCUT2D eigenvalue weighted by Crippen LogP contribution is -1.93. The van der Waals surface area contributed by atoms with Gasteiger partial charge in [0.2, 0.25) is 0 Å². The summed E-state index contributed by atoms with van der Waals surface area (Å²) in [6, 6.07) is 4.03. The third-order valence-corrected chi connectivity index (χ3v) is 3.37. The fraction of sp³-hybridized carbons (Fsp3) is 0.231. The molecule has 3 heteroatoms. The molecule has 0 N–H and O–H groups in total. The number of aryl methyl sites for hydroxylation is 1. The summed E-state index contributed by atoms with van der Waals surface area (Å²) in [5.41, 5.74) is 4.24. The van der Waals surface area contributed by atoms with Crippen LogP contribution in [0.4, 0.5) is 0 Å². The molecule has 1 nitrogen and oxygen atoms in total. The number of furan rings is 1. The van der Waals surface area contributed by atoms with Crippen LogP contribution in [0, 0.1) is 0 Å². The minimum atomic E-state index is 0.475. The highest BCUT2D eigenvalue weighted by Gasteiger charge is 2.13. The van der Waals surface area contributed by atoms with Crippen molar-refractivity contribution >= 4 is 40.3 Å². The first-order valence-electron chi connectivity index (χ1n) is 5.25. The summed E-state index contributed by atoms with van der Waals surface area (Å²) < 4.78 is 6.40. The Labute approximate surface area is 105 Å². The van der Waals surface area contributed by atoms with Gasteiger partial charge in [-0.3, -0.25) is 0 Å². The Balaban J connectivity index is 2.78. The Morgan fingerprint density at radius 1 is 1.56 bits per heavy atom. The monoisotopic (exact) mass is 274 g/mol. The van der Waals surface area contributed by atoms with E-state index in [9.17, 15) is 0 Å². The first kappa shape index (κ1) is 11.5. The molecule has 16 heavy (non-hydrogen) atoms. The predicted molar refractivity (Wildman–Crippen MR) is 72.9 cm³/mol. The van der Waals surface area contributed by atoms with Crippen LogP contribution >= 0.6 is 15.9 Å². The molecule has 80 valence electrons. The highest BCUT2D eigenvalue weighted by molar-refractivity contribution is 9.10. The Bertz CT molecular complexity index is 542. The molecule has 0 spiro atoms. The fourth-order valence-corrected chi connectivity index (χ4v) is 2.50. The number of benzene rings is 1. The Morgan fingerprint density at radius 3 is 2.94 bits per heavy atom. The lowest BCUT2D eigenvalue weighted by molar-refractivity contribution is 0.614. The number of hydrogen-bond acceptors (Lipinski definition) is 1. The number of halogens is 1. The zero-order valence-electron chi connectivity index (χ0n) is 9.22. The van der Waals surface area contributed by atoms with Crippen LogP contribution in [0.25, 0.3) is 16.5 Å². The van der Waals surface area contributed by atoms with E-state index in [1.165, 1.54) is 5.56 Å². The Kier molecular flexibility index (Phi) is 3.24. The molecule has 0 aliphatic carbocycles. The van der Waals surface area contributed by atoms with Gasteiger partial charge in [-0.1, -0.05) is 25.4 Å². The van der Waals surface area contributed by atoms with E-state index in [0.717, 1.165) is 33.0 Å². The highest BCUT2D eigenvalue weighted by Crippen LogP contribution is 2.34. The summed E-state index contributed by atoms with van der Waals surface area (Å²) in [5.74, 6) is 0. The summed E-state index contributed by atoms with van der Waals surface area (Å²) in [6.45, 7) is 6.14. The SMILES string of the molecule is [B]CC(=C)c1cc(Br)c2occc2c1CC. The summed E-state index contributed by atoms with van der Waals surface area (Å²) in [4.78, 5) is 0. The lowest BCUT2D eigenvalue weighted by atomic mass is 9.88. The van der Waals surface area contributed by atoms with Gasteiger partial charge in [0.15, 0.2) is 0 Å². The summed E-state index contributed by atoms with van der Waals surface area (Å²) in [5, 5.41) is 1.14. The Hall–Kier alpha value is -0.955. The zero-order chi connectivity index (χ0) is 11.7. The van der Waals surface area contributed by atoms with E-state index >= 15 is 0 Å². The van der Waals surface area contributed by atoms with Crippen molar-refractivity contribution in [3.05, 3.63) is 40.6 Å². The predicted octanol–water partition coefficient (Wildman–Crippen LogP) is 4.36. The molecule has 0 amide bonds. The van der Waals surface area contributed by atoms with E-state index in [1.54, 1.807) is 6.26 Å². The largest absolute Gasteiger partial charge is 0.463 e. The van der Waals surface area contributed by atoms with Crippen LogP contribution in [-0.4, -0.2) is 7.85 Å². The average Bonchev–Trinajstić information content (AvgIpc) is 2.77. The van der Waals surface area contributed by atoms with Gasteiger partial charge in [-0.05, 0) is 45.6 Å². The van der Waals surface area contributed by atoms with Crippen LogP contribution < -0.4 is 0 Å². The fourth-order valence-electron chi connectivity index (χ4n) is 1.96. The lowest BCUT2D eigenvalue weighted by Gasteiger charge is -2.11. The molecule has 2 aromatic rings. The molecular weight excluding hydrogens is 263 g/mol. The smallest absolute Gasteiger partial charge is 0.148 e. The summed E-state index contributed by atoms with van der Waals surface area (Å²) >= 11 is 3.51. The molecule has 0 aliphatic heterocycles. The van der Waals surface area contributed by atoms with E-state index < -0.39 is 0 Å². The van der Waals surface area contributed by atoms with E-state index in [-0.39, 0.29) is 0 Å². The van der Waals surface area contributed by atoms with Crippen molar-refractivity contribution in [1.29, 1.82) is 0 Å². The van der Waals surface area contributed by atoms with Crippen LogP contribution in [0.5, 0.6) is 0 Å². The van der Waals surface area contributed by atoms with Gasteiger partial charge in [0.1, 0.15) is 5.58 Å². The molecule has 1 heterocycles. The normalized spacial score (nSPS) is 10.9. The van der Waals surface area contributed by atoms with Crippen molar-refractivity contribution in [3.63, 3.8) is 0 Å².